The summed E-state index contributed by atoms with van der Waals surface area (Å²) in [6.07, 6.45) is 6.63. The number of carbonyl (C=O) groups excluding carboxylic acids is 2. The van der Waals surface area contributed by atoms with E-state index in [4.69, 9.17) is 4.74 Å². The normalized spacial score (nSPS) is 15.5. The lowest BCUT2D eigenvalue weighted by atomic mass is 9.93. The lowest BCUT2D eigenvalue weighted by molar-refractivity contribution is -0.385. The topological polar surface area (TPSA) is 110 Å². The molecule has 1 aromatic rings. The third-order valence-corrected chi connectivity index (χ3v) is 5.31. The van der Waals surface area contributed by atoms with Crippen molar-refractivity contribution < 1.29 is 24.4 Å². The Kier molecular flexibility index (Phi) is 9.05. The van der Waals surface area contributed by atoms with Gasteiger partial charge in [-0.3, -0.25) is 19.7 Å². The standard InChI is InChI=1S/C21H30N2O6/c1-2-3-14-22(16-8-5-4-6-9-16)20(25)12-13-21(26)29-19-11-7-10-18(23(27)28)17(19)15-24/h7,10-11,15-16,21,26H,2-6,8-9,12-14H2,1H3. The fourth-order valence-corrected chi connectivity index (χ4v) is 3.74. The Morgan fingerprint density at radius 1 is 1.38 bits per heavy atom. The van der Waals surface area contributed by atoms with E-state index in [-0.39, 0.29) is 41.8 Å². The van der Waals surface area contributed by atoms with Crippen molar-refractivity contribution in [3.8, 4) is 5.75 Å². The number of hydrogen-bond acceptors (Lipinski definition) is 6. The molecule has 0 radical (unpaired) electrons. The first kappa shape index (κ1) is 22.8. The zero-order valence-electron chi connectivity index (χ0n) is 16.9. The second-order valence-electron chi connectivity index (χ2n) is 7.41. The van der Waals surface area contributed by atoms with Crippen molar-refractivity contribution >= 4 is 17.9 Å². The maximum atomic E-state index is 12.8. The largest absolute Gasteiger partial charge is 0.464 e. The molecule has 29 heavy (non-hydrogen) atoms. The van der Waals surface area contributed by atoms with Gasteiger partial charge in [0.1, 0.15) is 11.3 Å². The zero-order valence-corrected chi connectivity index (χ0v) is 16.9. The smallest absolute Gasteiger partial charge is 0.283 e. The second kappa shape index (κ2) is 11.5. The predicted octanol–water partition coefficient (Wildman–Crippen LogP) is 3.85. The maximum Gasteiger partial charge on any atom is 0.283 e. The molecule has 1 saturated carbocycles. The number of nitro benzene ring substituents is 1. The highest BCUT2D eigenvalue weighted by Crippen LogP contribution is 2.28. The van der Waals surface area contributed by atoms with Crippen LogP contribution in [-0.2, 0) is 4.79 Å². The molecule has 0 bridgehead atoms. The molecule has 1 aromatic carbocycles. The van der Waals surface area contributed by atoms with Gasteiger partial charge in [0.2, 0.25) is 5.91 Å². The minimum atomic E-state index is -1.33. The molecule has 160 valence electrons. The Bertz CT molecular complexity index is 702. The van der Waals surface area contributed by atoms with Crippen LogP contribution in [0, 0.1) is 10.1 Å². The molecule has 0 spiro atoms. The van der Waals surface area contributed by atoms with Crippen LogP contribution in [0.5, 0.6) is 5.75 Å². The summed E-state index contributed by atoms with van der Waals surface area (Å²) in [6, 6.07) is 4.23. The van der Waals surface area contributed by atoms with Crippen LogP contribution in [0.3, 0.4) is 0 Å². The molecule has 1 atom stereocenters. The molecular weight excluding hydrogens is 376 g/mol. The molecule has 1 N–H and O–H groups in total. The fraction of sp³-hybridized carbons (Fsp3) is 0.619. The molecule has 1 aliphatic carbocycles. The number of aliphatic hydroxyl groups excluding tert-OH is 1. The summed E-state index contributed by atoms with van der Waals surface area (Å²) >= 11 is 0. The van der Waals surface area contributed by atoms with E-state index in [9.17, 15) is 24.8 Å². The highest BCUT2D eigenvalue weighted by Gasteiger charge is 2.26. The minimum absolute atomic E-state index is 0.0114. The Labute approximate surface area is 171 Å². The van der Waals surface area contributed by atoms with E-state index in [0.29, 0.717) is 6.29 Å². The van der Waals surface area contributed by atoms with Crippen LogP contribution in [0.1, 0.15) is 75.1 Å². The third-order valence-electron chi connectivity index (χ3n) is 5.31. The summed E-state index contributed by atoms with van der Waals surface area (Å²) in [5, 5.41) is 21.2. The van der Waals surface area contributed by atoms with Crippen LogP contribution < -0.4 is 4.74 Å². The van der Waals surface area contributed by atoms with Gasteiger partial charge in [-0.25, -0.2) is 0 Å². The van der Waals surface area contributed by atoms with E-state index < -0.39 is 11.2 Å². The van der Waals surface area contributed by atoms with Gasteiger partial charge >= 0.3 is 0 Å². The van der Waals surface area contributed by atoms with Crippen molar-refractivity contribution in [2.24, 2.45) is 0 Å². The highest BCUT2D eigenvalue weighted by atomic mass is 16.6. The van der Waals surface area contributed by atoms with Crippen molar-refractivity contribution in [2.75, 3.05) is 6.54 Å². The highest BCUT2D eigenvalue weighted by molar-refractivity contribution is 5.85. The molecule has 1 fully saturated rings. The third kappa shape index (κ3) is 6.52. The molecule has 1 amide bonds. The first-order valence-corrected chi connectivity index (χ1v) is 10.3. The molecule has 0 heterocycles. The number of nitro groups is 1. The molecule has 8 heteroatoms. The SMILES string of the molecule is CCCCN(C(=O)CCC(O)Oc1cccc([N+](=O)[O-])c1C=O)C1CCCCC1. The number of unbranched alkanes of at least 4 members (excludes halogenated alkanes) is 1. The van der Waals surface area contributed by atoms with Gasteiger partial charge in [0, 0.05) is 31.5 Å². The first-order valence-electron chi connectivity index (χ1n) is 10.3. The number of amides is 1. The molecule has 0 saturated heterocycles. The van der Waals surface area contributed by atoms with E-state index in [1.54, 1.807) is 0 Å². The summed E-state index contributed by atoms with van der Waals surface area (Å²) in [4.78, 5) is 36.3. The second-order valence-corrected chi connectivity index (χ2v) is 7.41. The summed E-state index contributed by atoms with van der Waals surface area (Å²) in [7, 11) is 0. The number of aliphatic hydroxyl groups is 1. The molecule has 1 unspecified atom stereocenters. The number of carbonyl (C=O) groups is 2. The first-order chi connectivity index (χ1) is 14.0. The van der Waals surface area contributed by atoms with Gasteiger partial charge in [0.05, 0.1) is 4.92 Å². The summed E-state index contributed by atoms with van der Waals surface area (Å²) in [6.45, 7) is 2.81. The fourth-order valence-electron chi connectivity index (χ4n) is 3.74. The summed E-state index contributed by atoms with van der Waals surface area (Å²) in [5.41, 5.74) is -0.613. The van der Waals surface area contributed by atoms with Crippen LogP contribution in [0.15, 0.2) is 18.2 Å². The van der Waals surface area contributed by atoms with Gasteiger partial charge in [0.25, 0.3) is 5.69 Å². The van der Waals surface area contributed by atoms with Gasteiger partial charge in [-0.15, -0.1) is 0 Å². The molecule has 1 aliphatic rings. The Morgan fingerprint density at radius 2 is 2.10 bits per heavy atom. The van der Waals surface area contributed by atoms with Crippen molar-refractivity contribution in [3.63, 3.8) is 0 Å². The molecule has 8 nitrogen and oxygen atoms in total. The molecular formula is C21H30N2O6. The average Bonchev–Trinajstić information content (AvgIpc) is 2.73. The van der Waals surface area contributed by atoms with Crippen LogP contribution in [0.25, 0.3) is 0 Å². The van der Waals surface area contributed by atoms with Gasteiger partial charge in [-0.1, -0.05) is 38.7 Å². The lowest BCUT2D eigenvalue weighted by Gasteiger charge is -2.34. The average molecular weight is 406 g/mol. The molecule has 0 aliphatic heterocycles. The van der Waals surface area contributed by atoms with Crippen LogP contribution >= 0.6 is 0 Å². The Balaban J connectivity index is 1.97. The van der Waals surface area contributed by atoms with Gasteiger partial charge in [0.15, 0.2) is 12.6 Å². The van der Waals surface area contributed by atoms with E-state index in [0.717, 1.165) is 45.1 Å². The maximum absolute atomic E-state index is 12.8. The van der Waals surface area contributed by atoms with Crippen LogP contribution in [0.4, 0.5) is 5.69 Å². The zero-order chi connectivity index (χ0) is 21.2. The van der Waals surface area contributed by atoms with Crippen LogP contribution in [0.2, 0.25) is 0 Å². The number of ether oxygens (including phenoxy) is 1. The number of aldehydes is 1. The van der Waals surface area contributed by atoms with Crippen molar-refractivity contribution in [2.45, 2.75) is 77.0 Å². The van der Waals surface area contributed by atoms with Gasteiger partial charge in [-0.05, 0) is 25.3 Å². The van der Waals surface area contributed by atoms with E-state index in [1.165, 1.54) is 24.6 Å². The monoisotopic (exact) mass is 406 g/mol. The summed E-state index contributed by atoms with van der Waals surface area (Å²) in [5.74, 6) is -0.0769. The predicted molar refractivity (Wildman–Crippen MR) is 108 cm³/mol. The van der Waals surface area contributed by atoms with Gasteiger partial charge in [-0.2, -0.15) is 0 Å². The molecule has 2 rings (SSSR count). The van der Waals surface area contributed by atoms with Crippen LogP contribution in [-0.4, -0.2) is 46.0 Å². The summed E-state index contributed by atoms with van der Waals surface area (Å²) < 4.78 is 5.33. The number of nitrogens with zero attached hydrogens (tertiary/aromatic N) is 2. The quantitative estimate of drug-likeness (QED) is 0.259. The number of benzene rings is 1. The number of hydrogen-bond donors (Lipinski definition) is 1. The lowest BCUT2D eigenvalue weighted by Crippen LogP contribution is -2.42. The van der Waals surface area contributed by atoms with E-state index in [2.05, 4.69) is 6.92 Å². The van der Waals surface area contributed by atoms with Crippen molar-refractivity contribution in [1.29, 1.82) is 0 Å². The Morgan fingerprint density at radius 3 is 2.72 bits per heavy atom. The Hall–Kier alpha value is -2.48. The minimum Gasteiger partial charge on any atom is -0.464 e. The van der Waals surface area contributed by atoms with Gasteiger partial charge < -0.3 is 14.7 Å². The number of rotatable bonds is 11. The van der Waals surface area contributed by atoms with Crippen molar-refractivity contribution in [3.05, 3.63) is 33.9 Å². The van der Waals surface area contributed by atoms with E-state index >= 15 is 0 Å². The molecule has 0 aromatic heterocycles. The van der Waals surface area contributed by atoms with E-state index in [1.807, 2.05) is 4.90 Å². The van der Waals surface area contributed by atoms with Crippen molar-refractivity contribution in [1.82, 2.24) is 4.90 Å².